The summed E-state index contributed by atoms with van der Waals surface area (Å²) in [5.74, 6) is -0.541. The second-order valence-corrected chi connectivity index (χ2v) is 10.4. The number of aryl methyl sites for hydroxylation is 1. The van der Waals surface area contributed by atoms with Crippen molar-refractivity contribution in [3.05, 3.63) is 94.5 Å². The minimum atomic E-state index is -0.485. The molecule has 0 aliphatic carbocycles. The molecule has 5 aromatic rings. The van der Waals surface area contributed by atoms with Crippen LogP contribution in [0.3, 0.4) is 0 Å². The Morgan fingerprint density at radius 2 is 1.85 bits per heavy atom. The maximum absolute atomic E-state index is 15.1. The Hall–Kier alpha value is -4.14. The second kappa shape index (κ2) is 9.87. The fourth-order valence-electron chi connectivity index (χ4n) is 5.28. The van der Waals surface area contributed by atoms with E-state index in [1.54, 1.807) is 43.8 Å². The van der Waals surface area contributed by atoms with E-state index in [4.69, 9.17) is 11.6 Å². The number of aromatic hydroxyl groups is 1. The maximum atomic E-state index is 15.1. The summed E-state index contributed by atoms with van der Waals surface area (Å²) in [5, 5.41) is 16.1. The van der Waals surface area contributed by atoms with Gasteiger partial charge in [0.05, 0.1) is 21.9 Å². The standard InChI is InChI=1S/C30H27ClFN5O2/c1-18-17-36(9-8-33-18)27-14-21(12-20-4-3-7-34-28(20)27)24-16-22(32)15-23(29(24)38)19-5-6-26(25(31)13-19)37-11-10-35(2)30(37)39/h3-7,10-16,18,33,38H,8-9,17H2,1-2H3/t18-/m1/s1. The number of rotatable bonds is 4. The Morgan fingerprint density at radius 3 is 2.56 bits per heavy atom. The van der Waals surface area contributed by atoms with Gasteiger partial charge in [-0.1, -0.05) is 23.7 Å². The van der Waals surface area contributed by atoms with Crippen LogP contribution in [-0.4, -0.2) is 44.9 Å². The molecular weight excluding hydrogens is 517 g/mol. The Labute approximate surface area is 229 Å². The molecule has 1 fully saturated rings. The number of phenols is 1. The number of aromatic nitrogens is 3. The van der Waals surface area contributed by atoms with Crippen molar-refractivity contribution in [1.29, 1.82) is 0 Å². The topological polar surface area (TPSA) is 75.3 Å². The molecule has 2 N–H and O–H groups in total. The molecule has 1 atom stereocenters. The number of fused-ring (bicyclic) bond motifs is 1. The summed E-state index contributed by atoms with van der Waals surface area (Å²) < 4.78 is 18.0. The van der Waals surface area contributed by atoms with E-state index in [1.165, 1.54) is 21.3 Å². The van der Waals surface area contributed by atoms with Crippen molar-refractivity contribution in [2.24, 2.45) is 7.05 Å². The molecule has 0 spiro atoms. The fraction of sp³-hybridized carbons (Fsp3) is 0.200. The SMILES string of the molecule is C[C@@H]1CN(c2cc(-c3cc(F)cc(-c4ccc(-n5ccn(C)c5=O)c(Cl)c4)c3O)cc3cccnc23)CCN1. The zero-order chi connectivity index (χ0) is 27.3. The van der Waals surface area contributed by atoms with Crippen LogP contribution in [0.25, 0.3) is 38.8 Å². The molecule has 1 saturated heterocycles. The highest BCUT2D eigenvalue weighted by atomic mass is 35.5. The first-order valence-electron chi connectivity index (χ1n) is 12.7. The predicted octanol–water partition coefficient (Wildman–Crippen LogP) is 5.35. The molecule has 9 heteroatoms. The van der Waals surface area contributed by atoms with Crippen LogP contribution in [0.15, 0.2) is 78.0 Å². The third-order valence-electron chi connectivity index (χ3n) is 7.25. The number of piperazine rings is 1. The van der Waals surface area contributed by atoms with Crippen molar-refractivity contribution in [2.75, 3.05) is 24.5 Å². The van der Waals surface area contributed by atoms with Gasteiger partial charge in [0.1, 0.15) is 11.6 Å². The van der Waals surface area contributed by atoms with E-state index in [9.17, 15) is 9.90 Å². The monoisotopic (exact) mass is 543 g/mol. The Kier molecular flexibility index (Phi) is 6.37. The number of nitrogens with zero attached hydrogens (tertiary/aromatic N) is 4. The van der Waals surface area contributed by atoms with Crippen molar-refractivity contribution < 1.29 is 9.50 Å². The van der Waals surface area contributed by atoms with Crippen LogP contribution in [-0.2, 0) is 7.05 Å². The first-order valence-corrected chi connectivity index (χ1v) is 13.1. The van der Waals surface area contributed by atoms with E-state index in [0.29, 0.717) is 39.0 Å². The van der Waals surface area contributed by atoms with Crippen molar-refractivity contribution in [3.63, 3.8) is 0 Å². The zero-order valence-electron chi connectivity index (χ0n) is 21.5. The van der Waals surface area contributed by atoms with Crippen LogP contribution >= 0.6 is 11.6 Å². The van der Waals surface area contributed by atoms with E-state index >= 15 is 4.39 Å². The van der Waals surface area contributed by atoms with Crippen molar-refractivity contribution in [1.82, 2.24) is 19.4 Å². The summed E-state index contributed by atoms with van der Waals surface area (Å²) in [6.07, 6.45) is 5.05. The van der Waals surface area contributed by atoms with Gasteiger partial charge in [-0.15, -0.1) is 0 Å². The highest BCUT2D eigenvalue weighted by molar-refractivity contribution is 6.32. The molecule has 7 nitrogen and oxygen atoms in total. The Morgan fingerprint density at radius 1 is 1.05 bits per heavy atom. The largest absolute Gasteiger partial charge is 0.507 e. The fourth-order valence-corrected chi connectivity index (χ4v) is 5.55. The van der Waals surface area contributed by atoms with Gasteiger partial charge in [0.25, 0.3) is 0 Å². The highest BCUT2D eigenvalue weighted by Gasteiger charge is 2.22. The van der Waals surface area contributed by atoms with Gasteiger partial charge in [0, 0.05) is 67.8 Å². The number of anilines is 1. The van der Waals surface area contributed by atoms with Crippen molar-refractivity contribution in [2.45, 2.75) is 13.0 Å². The van der Waals surface area contributed by atoms with Gasteiger partial charge >= 0.3 is 5.69 Å². The average molecular weight is 544 g/mol. The molecule has 0 amide bonds. The number of hydrogen-bond donors (Lipinski definition) is 2. The molecular formula is C30H27ClFN5O2. The molecule has 3 heterocycles. The van der Waals surface area contributed by atoms with Gasteiger partial charge in [-0.3, -0.25) is 9.55 Å². The number of nitrogens with one attached hydrogen (secondary N) is 1. The van der Waals surface area contributed by atoms with Gasteiger partial charge in [0.15, 0.2) is 0 Å². The number of benzene rings is 3. The smallest absolute Gasteiger partial charge is 0.332 e. The molecule has 3 aromatic carbocycles. The Balaban J connectivity index is 1.47. The van der Waals surface area contributed by atoms with Crippen molar-refractivity contribution >= 4 is 28.2 Å². The normalized spacial score (nSPS) is 15.7. The summed E-state index contributed by atoms with van der Waals surface area (Å²) in [4.78, 5) is 19.3. The van der Waals surface area contributed by atoms with Crippen LogP contribution < -0.4 is 15.9 Å². The van der Waals surface area contributed by atoms with Gasteiger partial charge in [-0.25, -0.2) is 9.18 Å². The predicted molar refractivity (Wildman–Crippen MR) is 153 cm³/mol. The number of pyridine rings is 1. The summed E-state index contributed by atoms with van der Waals surface area (Å²) in [6.45, 7) is 4.61. The van der Waals surface area contributed by atoms with E-state index in [2.05, 4.69) is 22.1 Å². The summed E-state index contributed by atoms with van der Waals surface area (Å²) in [5.41, 5.74) is 3.98. The minimum absolute atomic E-state index is 0.0556. The van der Waals surface area contributed by atoms with Gasteiger partial charge in [-0.05, 0) is 60.5 Å². The molecule has 1 aliphatic heterocycles. The van der Waals surface area contributed by atoms with E-state index in [-0.39, 0.29) is 11.4 Å². The van der Waals surface area contributed by atoms with Crippen LogP contribution in [0.5, 0.6) is 5.75 Å². The van der Waals surface area contributed by atoms with Crippen LogP contribution in [0.2, 0.25) is 5.02 Å². The lowest BCUT2D eigenvalue weighted by molar-refractivity contribution is 0.477. The lowest BCUT2D eigenvalue weighted by atomic mass is 9.95. The number of halogens is 2. The summed E-state index contributed by atoms with van der Waals surface area (Å²) in [6, 6.07) is 15.7. The number of phenolic OH excluding ortho intramolecular Hbond substituents is 1. The quantitative estimate of drug-likeness (QED) is 0.319. The summed E-state index contributed by atoms with van der Waals surface area (Å²) >= 11 is 6.57. The van der Waals surface area contributed by atoms with Crippen LogP contribution in [0.4, 0.5) is 10.1 Å². The zero-order valence-corrected chi connectivity index (χ0v) is 22.3. The second-order valence-electron chi connectivity index (χ2n) is 9.95. The molecule has 0 radical (unpaired) electrons. The number of imidazole rings is 1. The van der Waals surface area contributed by atoms with Gasteiger partial charge in [0.2, 0.25) is 0 Å². The van der Waals surface area contributed by atoms with Crippen molar-refractivity contribution in [3.8, 4) is 33.7 Å². The molecule has 1 aliphatic rings. The van der Waals surface area contributed by atoms with Crippen LogP contribution in [0, 0.1) is 5.82 Å². The van der Waals surface area contributed by atoms with Gasteiger partial charge < -0.3 is 19.9 Å². The highest BCUT2D eigenvalue weighted by Crippen LogP contribution is 2.42. The average Bonchev–Trinajstić information content (AvgIpc) is 3.26. The van der Waals surface area contributed by atoms with E-state index in [0.717, 1.165) is 36.2 Å². The first kappa shape index (κ1) is 25.2. The minimum Gasteiger partial charge on any atom is -0.507 e. The first-order chi connectivity index (χ1) is 18.8. The molecule has 39 heavy (non-hydrogen) atoms. The lowest BCUT2D eigenvalue weighted by Gasteiger charge is -2.34. The van der Waals surface area contributed by atoms with Gasteiger partial charge in [-0.2, -0.15) is 0 Å². The Bertz CT molecular complexity index is 1780. The molecule has 0 unspecified atom stereocenters. The summed E-state index contributed by atoms with van der Waals surface area (Å²) in [7, 11) is 1.66. The molecule has 0 bridgehead atoms. The lowest BCUT2D eigenvalue weighted by Crippen LogP contribution is -2.49. The van der Waals surface area contributed by atoms with E-state index < -0.39 is 5.82 Å². The molecule has 6 rings (SSSR count). The molecule has 198 valence electrons. The molecule has 0 saturated carbocycles. The maximum Gasteiger partial charge on any atom is 0.332 e. The molecule has 2 aromatic heterocycles. The third kappa shape index (κ3) is 4.56. The van der Waals surface area contributed by atoms with Crippen LogP contribution in [0.1, 0.15) is 6.92 Å². The number of hydrogen-bond acceptors (Lipinski definition) is 5. The third-order valence-corrected chi connectivity index (χ3v) is 7.55. The van der Waals surface area contributed by atoms with E-state index in [1.807, 2.05) is 24.3 Å².